The van der Waals surface area contributed by atoms with Crippen LogP contribution in [0.3, 0.4) is 0 Å². The number of nitrogens with two attached hydrogens (primary N) is 1. The van der Waals surface area contributed by atoms with Crippen LogP contribution in [0.25, 0.3) is 0 Å². The Labute approximate surface area is 191 Å². The molecule has 4 rings (SSSR count). The number of fused-ring (bicyclic) bond motifs is 1. The van der Waals surface area contributed by atoms with E-state index in [9.17, 15) is 14.4 Å². The number of alkyl halides is 1. The van der Waals surface area contributed by atoms with E-state index in [1.54, 1.807) is 11.8 Å². The molecule has 7 nitrogen and oxygen atoms in total. The van der Waals surface area contributed by atoms with Gasteiger partial charge >= 0.3 is 0 Å². The first-order chi connectivity index (χ1) is 14.2. The topological polar surface area (TPSA) is 95.7 Å². The average molecular weight is 526 g/mol. The maximum atomic E-state index is 13.4. The molecule has 0 saturated carbocycles. The van der Waals surface area contributed by atoms with Crippen LogP contribution >= 0.6 is 22.6 Å². The van der Waals surface area contributed by atoms with E-state index in [0.29, 0.717) is 16.3 Å². The molecule has 0 spiro atoms. The summed E-state index contributed by atoms with van der Waals surface area (Å²) in [6.07, 6.45) is 6.78. The third-order valence-electron chi connectivity index (χ3n) is 6.96. The molecule has 3 amide bonds. The normalized spacial score (nSPS) is 35.9. The van der Waals surface area contributed by atoms with Crippen molar-refractivity contribution in [3.05, 3.63) is 22.9 Å². The van der Waals surface area contributed by atoms with Gasteiger partial charge in [-0.2, -0.15) is 0 Å². The number of hydrogen-bond donors (Lipinski definition) is 2. The molecule has 3 saturated heterocycles. The van der Waals surface area contributed by atoms with Gasteiger partial charge in [0.1, 0.15) is 11.6 Å². The van der Waals surface area contributed by atoms with Crippen LogP contribution in [0, 0.1) is 5.92 Å². The summed E-state index contributed by atoms with van der Waals surface area (Å²) in [5.74, 6) is -0.213. The van der Waals surface area contributed by atoms with E-state index in [1.807, 2.05) is 6.08 Å². The predicted molar refractivity (Wildman–Crippen MR) is 123 cm³/mol. The van der Waals surface area contributed by atoms with Crippen LogP contribution in [-0.2, 0) is 14.4 Å². The zero-order valence-electron chi connectivity index (χ0n) is 17.7. The van der Waals surface area contributed by atoms with E-state index >= 15 is 0 Å². The van der Waals surface area contributed by atoms with Crippen LogP contribution in [0.15, 0.2) is 22.9 Å². The predicted octanol–water partition coefficient (Wildman–Crippen LogP) is 1.86. The minimum Gasteiger partial charge on any atom is -0.314 e. The Balaban J connectivity index is 1.64. The van der Waals surface area contributed by atoms with Gasteiger partial charge in [-0.05, 0) is 57.1 Å². The summed E-state index contributed by atoms with van der Waals surface area (Å²) in [6, 6.07) is -0.668. The minimum atomic E-state index is -1.15. The highest BCUT2D eigenvalue weighted by molar-refractivity contribution is 14.1. The van der Waals surface area contributed by atoms with Gasteiger partial charge in [0, 0.05) is 34.7 Å². The Morgan fingerprint density at radius 2 is 2.03 bits per heavy atom. The highest BCUT2D eigenvalue weighted by Crippen LogP contribution is 2.43. The maximum Gasteiger partial charge on any atom is 0.252 e. The lowest BCUT2D eigenvalue weighted by atomic mass is 9.84. The third-order valence-corrected chi connectivity index (χ3v) is 8.58. The van der Waals surface area contributed by atoms with E-state index in [2.05, 4.69) is 39.7 Å². The molecule has 4 atom stereocenters. The first-order valence-electron chi connectivity index (χ1n) is 11.0. The fourth-order valence-electron chi connectivity index (χ4n) is 5.26. The molecule has 0 bridgehead atoms. The molecule has 4 unspecified atom stereocenters. The van der Waals surface area contributed by atoms with Crippen molar-refractivity contribution in [2.45, 2.75) is 67.9 Å². The van der Waals surface area contributed by atoms with Crippen molar-refractivity contribution in [3.8, 4) is 0 Å². The SMILES string of the molecule is CC1CCCN(CC2=C3C(=CCC2)N(C2CCC(=O)NC2=O)C(=O)C3(C)N)CC1I. The van der Waals surface area contributed by atoms with Crippen molar-refractivity contribution in [2.75, 3.05) is 19.6 Å². The molecular weight excluding hydrogens is 495 g/mol. The van der Waals surface area contributed by atoms with E-state index < -0.39 is 17.5 Å². The van der Waals surface area contributed by atoms with Gasteiger partial charge < -0.3 is 5.73 Å². The number of likely N-dealkylation sites (tertiary alicyclic amines) is 2. The lowest BCUT2D eigenvalue weighted by Crippen LogP contribution is -2.55. The molecule has 4 aliphatic rings. The molecule has 164 valence electrons. The molecule has 3 heterocycles. The van der Waals surface area contributed by atoms with Gasteiger partial charge in [-0.15, -0.1) is 0 Å². The number of imide groups is 1. The quantitative estimate of drug-likeness (QED) is 0.333. The van der Waals surface area contributed by atoms with Crippen molar-refractivity contribution >= 4 is 40.3 Å². The highest BCUT2D eigenvalue weighted by atomic mass is 127. The second-order valence-electron chi connectivity index (χ2n) is 9.32. The molecule has 3 fully saturated rings. The van der Waals surface area contributed by atoms with Crippen LogP contribution in [0.2, 0.25) is 0 Å². The summed E-state index contributed by atoms with van der Waals surface area (Å²) in [4.78, 5) is 41.5. The molecule has 8 heteroatoms. The van der Waals surface area contributed by atoms with Crippen LogP contribution in [0.1, 0.15) is 52.4 Å². The van der Waals surface area contributed by atoms with Crippen LogP contribution in [0.4, 0.5) is 0 Å². The van der Waals surface area contributed by atoms with Crippen molar-refractivity contribution in [2.24, 2.45) is 11.7 Å². The number of nitrogens with one attached hydrogen (secondary N) is 1. The summed E-state index contributed by atoms with van der Waals surface area (Å²) in [5.41, 5.74) is 8.37. The molecule has 0 radical (unpaired) electrons. The first kappa shape index (κ1) is 22.0. The zero-order valence-corrected chi connectivity index (χ0v) is 19.9. The summed E-state index contributed by atoms with van der Waals surface area (Å²) >= 11 is 2.57. The lowest BCUT2D eigenvalue weighted by molar-refractivity contribution is -0.143. The van der Waals surface area contributed by atoms with Gasteiger partial charge in [-0.1, -0.05) is 35.6 Å². The monoisotopic (exact) mass is 526 g/mol. The Hall–Kier alpha value is -1.26. The summed E-state index contributed by atoms with van der Waals surface area (Å²) < 4.78 is 0.615. The smallest absolute Gasteiger partial charge is 0.252 e. The van der Waals surface area contributed by atoms with Crippen LogP contribution < -0.4 is 11.1 Å². The maximum absolute atomic E-state index is 13.4. The molecule has 30 heavy (non-hydrogen) atoms. The van der Waals surface area contributed by atoms with Gasteiger partial charge in [0.05, 0.1) is 0 Å². The fourth-order valence-corrected chi connectivity index (χ4v) is 6.17. The largest absolute Gasteiger partial charge is 0.314 e. The number of carbonyl (C=O) groups is 3. The second kappa shape index (κ2) is 8.35. The van der Waals surface area contributed by atoms with Crippen molar-refractivity contribution < 1.29 is 14.4 Å². The van der Waals surface area contributed by atoms with E-state index in [4.69, 9.17) is 5.73 Å². The van der Waals surface area contributed by atoms with Crippen molar-refractivity contribution in [1.29, 1.82) is 0 Å². The average Bonchev–Trinajstić information content (AvgIpc) is 2.77. The molecule has 1 aliphatic carbocycles. The van der Waals surface area contributed by atoms with E-state index in [-0.39, 0.29) is 18.2 Å². The van der Waals surface area contributed by atoms with Gasteiger partial charge in [-0.3, -0.25) is 29.5 Å². The molecule has 0 aromatic heterocycles. The van der Waals surface area contributed by atoms with Crippen molar-refractivity contribution in [1.82, 2.24) is 15.1 Å². The number of carbonyl (C=O) groups excluding carboxylic acids is 3. The van der Waals surface area contributed by atoms with Gasteiger partial charge in [-0.25, -0.2) is 0 Å². The highest BCUT2D eigenvalue weighted by Gasteiger charge is 2.53. The summed E-state index contributed by atoms with van der Waals surface area (Å²) in [6.45, 7) is 7.02. The molecule has 3 aliphatic heterocycles. The second-order valence-corrected chi connectivity index (χ2v) is 10.9. The molecule has 0 aromatic rings. The summed E-state index contributed by atoms with van der Waals surface area (Å²) in [7, 11) is 0. The van der Waals surface area contributed by atoms with Gasteiger partial charge in [0.15, 0.2) is 0 Å². The Bertz CT molecular complexity index is 834. The number of nitrogens with zero attached hydrogens (tertiary/aromatic N) is 2. The van der Waals surface area contributed by atoms with Crippen LogP contribution in [-0.4, -0.2) is 62.7 Å². The number of piperidine rings is 1. The Kier molecular flexibility index (Phi) is 6.11. The number of amides is 3. The fraction of sp³-hybridized carbons (Fsp3) is 0.682. The minimum absolute atomic E-state index is 0.240. The standard InChI is InChI=1S/C22H31IN4O3/c1-13-5-4-10-26(12-15(13)23)11-14-6-3-7-16-19(14)22(2,24)21(30)27(16)17-8-9-18(28)25-20(17)29/h7,13,15,17H,3-6,8-12,24H2,1-2H3,(H,25,28,29). The number of allylic oxidation sites excluding steroid dienone is 1. The molecular formula is C22H31IN4O3. The number of hydrogen-bond acceptors (Lipinski definition) is 5. The Morgan fingerprint density at radius 1 is 1.27 bits per heavy atom. The van der Waals surface area contributed by atoms with Crippen LogP contribution in [0.5, 0.6) is 0 Å². The molecule has 0 aromatic carbocycles. The van der Waals surface area contributed by atoms with E-state index in [1.165, 1.54) is 18.4 Å². The zero-order chi connectivity index (χ0) is 21.6. The lowest BCUT2D eigenvalue weighted by Gasteiger charge is -2.32. The number of halogens is 1. The van der Waals surface area contributed by atoms with Gasteiger partial charge in [0.25, 0.3) is 5.91 Å². The molecule has 3 N–H and O–H groups in total. The summed E-state index contributed by atoms with van der Waals surface area (Å²) in [5, 5.41) is 2.38. The first-order valence-corrected chi connectivity index (χ1v) is 12.2. The number of rotatable bonds is 3. The van der Waals surface area contributed by atoms with Crippen molar-refractivity contribution in [3.63, 3.8) is 0 Å². The third kappa shape index (κ3) is 3.86. The Morgan fingerprint density at radius 3 is 2.77 bits per heavy atom. The van der Waals surface area contributed by atoms with Gasteiger partial charge in [0.2, 0.25) is 11.8 Å². The van der Waals surface area contributed by atoms with E-state index in [0.717, 1.165) is 43.7 Å².